The van der Waals surface area contributed by atoms with Gasteiger partial charge in [0.15, 0.2) is 0 Å². The lowest BCUT2D eigenvalue weighted by molar-refractivity contribution is 1.73. The van der Waals surface area contributed by atoms with Crippen LogP contribution >= 0.6 is 34.9 Å². The van der Waals surface area contributed by atoms with E-state index in [1.807, 2.05) is 16.7 Å². The predicted molar refractivity (Wildman–Crippen MR) is 67.5 cm³/mol. The standard InChI is InChI=1S/C10H12S3/c1-4-8(12-5-2)9-6-7-10(11-3)13-9/h4-7H,2H2,1,3H3/b8-4-. The largest absolute Gasteiger partial charge is 0.128 e. The molecule has 0 fully saturated rings. The second kappa shape index (κ2) is 5.58. The summed E-state index contributed by atoms with van der Waals surface area (Å²) < 4.78 is 1.36. The van der Waals surface area contributed by atoms with Gasteiger partial charge < -0.3 is 0 Å². The molecule has 1 heterocycles. The molecule has 1 aromatic heterocycles. The quantitative estimate of drug-likeness (QED) is 0.685. The Morgan fingerprint density at radius 2 is 2.31 bits per heavy atom. The number of hydrogen-bond donors (Lipinski definition) is 0. The summed E-state index contributed by atoms with van der Waals surface area (Å²) in [6.45, 7) is 5.78. The zero-order chi connectivity index (χ0) is 9.68. The number of rotatable bonds is 4. The summed E-state index contributed by atoms with van der Waals surface area (Å²) in [5.41, 5.74) is 0. The molecule has 0 aliphatic heterocycles. The van der Waals surface area contributed by atoms with E-state index < -0.39 is 0 Å². The second-order valence-electron chi connectivity index (χ2n) is 2.26. The normalized spacial score (nSPS) is 11.7. The van der Waals surface area contributed by atoms with Crippen LogP contribution in [0.15, 0.2) is 34.4 Å². The Hall–Kier alpha value is -0.120. The van der Waals surface area contributed by atoms with Gasteiger partial charge in [0.25, 0.3) is 0 Å². The lowest BCUT2D eigenvalue weighted by Crippen LogP contribution is -1.67. The molecular weight excluding hydrogens is 216 g/mol. The first-order valence-electron chi connectivity index (χ1n) is 3.90. The van der Waals surface area contributed by atoms with E-state index in [1.165, 1.54) is 14.0 Å². The van der Waals surface area contributed by atoms with E-state index in [0.717, 1.165) is 0 Å². The highest BCUT2D eigenvalue weighted by Gasteiger charge is 2.03. The van der Waals surface area contributed by atoms with E-state index in [9.17, 15) is 0 Å². The molecule has 0 nitrogen and oxygen atoms in total. The van der Waals surface area contributed by atoms with Crippen molar-refractivity contribution in [3.63, 3.8) is 0 Å². The van der Waals surface area contributed by atoms with Crippen molar-refractivity contribution in [2.45, 2.75) is 11.1 Å². The molecule has 0 N–H and O–H groups in total. The maximum absolute atomic E-state index is 3.72. The molecule has 0 bridgehead atoms. The molecule has 1 rings (SSSR count). The summed E-state index contributed by atoms with van der Waals surface area (Å²) >= 11 is 5.30. The zero-order valence-electron chi connectivity index (χ0n) is 7.74. The maximum Gasteiger partial charge on any atom is 0.0602 e. The first-order valence-corrected chi connectivity index (χ1v) is 6.82. The van der Waals surface area contributed by atoms with E-state index >= 15 is 0 Å². The number of thioether (sulfide) groups is 2. The molecule has 0 aliphatic carbocycles. The van der Waals surface area contributed by atoms with Crippen molar-refractivity contribution < 1.29 is 0 Å². The van der Waals surface area contributed by atoms with Gasteiger partial charge in [-0.25, -0.2) is 0 Å². The van der Waals surface area contributed by atoms with Crippen LogP contribution in [0.25, 0.3) is 4.91 Å². The molecule has 0 aliphatic rings. The summed E-state index contributed by atoms with van der Waals surface area (Å²) in [6, 6.07) is 4.33. The average Bonchev–Trinajstić information content (AvgIpc) is 2.62. The Labute approximate surface area is 92.1 Å². The van der Waals surface area contributed by atoms with Crippen LogP contribution in [0.1, 0.15) is 11.8 Å². The Bertz CT molecular complexity index is 310. The van der Waals surface area contributed by atoms with Gasteiger partial charge in [0.2, 0.25) is 0 Å². The van der Waals surface area contributed by atoms with Crippen molar-refractivity contribution >= 4 is 39.8 Å². The van der Waals surface area contributed by atoms with Gasteiger partial charge in [-0.15, -0.1) is 23.1 Å². The zero-order valence-corrected chi connectivity index (χ0v) is 10.2. The van der Waals surface area contributed by atoms with E-state index in [0.29, 0.717) is 0 Å². The summed E-state index contributed by atoms with van der Waals surface area (Å²) in [5, 5.41) is 1.87. The van der Waals surface area contributed by atoms with Crippen molar-refractivity contribution in [1.29, 1.82) is 0 Å². The second-order valence-corrected chi connectivity index (χ2v) is 5.46. The molecule has 0 atom stereocenters. The Morgan fingerprint density at radius 1 is 1.54 bits per heavy atom. The smallest absolute Gasteiger partial charge is 0.0602 e. The summed E-state index contributed by atoms with van der Waals surface area (Å²) in [6.07, 6.45) is 4.23. The van der Waals surface area contributed by atoms with Crippen LogP contribution in [0.4, 0.5) is 0 Å². The molecule has 1 aromatic rings. The molecule has 0 radical (unpaired) electrons. The maximum atomic E-state index is 3.72. The fraction of sp³-hybridized carbons (Fsp3) is 0.200. The van der Waals surface area contributed by atoms with Gasteiger partial charge in [-0.3, -0.25) is 0 Å². The van der Waals surface area contributed by atoms with Crippen molar-refractivity contribution in [1.82, 2.24) is 0 Å². The minimum atomic E-state index is 1.29. The highest BCUT2D eigenvalue weighted by molar-refractivity contribution is 8.11. The van der Waals surface area contributed by atoms with Crippen LogP contribution < -0.4 is 0 Å². The van der Waals surface area contributed by atoms with E-state index in [1.54, 1.807) is 23.5 Å². The van der Waals surface area contributed by atoms with E-state index in [4.69, 9.17) is 0 Å². The van der Waals surface area contributed by atoms with Crippen molar-refractivity contribution in [3.05, 3.63) is 35.1 Å². The summed E-state index contributed by atoms with van der Waals surface area (Å²) in [7, 11) is 0. The predicted octanol–water partition coefficient (Wildman–Crippen LogP) is 4.71. The highest BCUT2D eigenvalue weighted by atomic mass is 32.2. The molecule has 0 spiro atoms. The minimum Gasteiger partial charge on any atom is -0.128 e. The van der Waals surface area contributed by atoms with Crippen molar-refractivity contribution in [3.8, 4) is 0 Å². The van der Waals surface area contributed by atoms with Gasteiger partial charge in [0.1, 0.15) is 0 Å². The van der Waals surface area contributed by atoms with E-state index in [-0.39, 0.29) is 0 Å². The fourth-order valence-electron chi connectivity index (χ4n) is 0.920. The number of allylic oxidation sites excluding steroid dienone is 1. The monoisotopic (exact) mass is 228 g/mol. The lowest BCUT2D eigenvalue weighted by atomic mass is 10.4. The topological polar surface area (TPSA) is 0 Å². The van der Waals surface area contributed by atoms with Crippen LogP contribution in [0, 0.1) is 0 Å². The van der Waals surface area contributed by atoms with Gasteiger partial charge in [-0.1, -0.05) is 24.4 Å². The van der Waals surface area contributed by atoms with Crippen LogP contribution in [-0.2, 0) is 0 Å². The first kappa shape index (κ1) is 11.0. The third-order valence-corrected chi connectivity index (χ3v) is 4.70. The molecule has 3 heteroatoms. The Balaban J connectivity index is 2.85. The van der Waals surface area contributed by atoms with Gasteiger partial charge in [0.05, 0.1) is 4.21 Å². The third-order valence-electron chi connectivity index (χ3n) is 1.50. The van der Waals surface area contributed by atoms with Crippen LogP contribution in [-0.4, -0.2) is 6.26 Å². The fourth-order valence-corrected chi connectivity index (χ4v) is 3.20. The lowest BCUT2D eigenvalue weighted by Gasteiger charge is -1.97. The molecule has 0 amide bonds. The summed E-state index contributed by atoms with van der Waals surface area (Å²) in [4.78, 5) is 2.62. The molecule has 13 heavy (non-hydrogen) atoms. The molecule has 0 unspecified atom stereocenters. The molecule has 0 saturated heterocycles. The summed E-state index contributed by atoms with van der Waals surface area (Å²) in [5.74, 6) is 0. The van der Waals surface area contributed by atoms with Crippen LogP contribution in [0.5, 0.6) is 0 Å². The van der Waals surface area contributed by atoms with Crippen LogP contribution in [0.2, 0.25) is 0 Å². The number of thiophene rings is 1. The molecule has 0 aromatic carbocycles. The Kier molecular flexibility index (Phi) is 4.70. The first-order chi connectivity index (χ1) is 6.31. The molecular formula is C10H12S3. The van der Waals surface area contributed by atoms with E-state index in [2.05, 4.69) is 38.0 Å². The Morgan fingerprint density at radius 3 is 2.77 bits per heavy atom. The van der Waals surface area contributed by atoms with Gasteiger partial charge in [-0.05, 0) is 30.7 Å². The highest BCUT2D eigenvalue weighted by Crippen LogP contribution is 2.35. The number of hydrogen-bond acceptors (Lipinski definition) is 3. The average molecular weight is 228 g/mol. The van der Waals surface area contributed by atoms with Gasteiger partial charge >= 0.3 is 0 Å². The van der Waals surface area contributed by atoms with Crippen molar-refractivity contribution in [2.24, 2.45) is 0 Å². The minimum absolute atomic E-state index is 1.29. The van der Waals surface area contributed by atoms with Gasteiger partial charge in [-0.2, -0.15) is 0 Å². The SMILES string of the molecule is C=CS/C(=C\C)c1ccc(SC)s1. The third kappa shape index (κ3) is 2.93. The van der Waals surface area contributed by atoms with Crippen molar-refractivity contribution in [2.75, 3.05) is 6.26 Å². The van der Waals surface area contributed by atoms with Gasteiger partial charge in [0, 0.05) is 9.78 Å². The molecule has 0 saturated carbocycles. The molecule has 70 valence electrons. The van der Waals surface area contributed by atoms with Crippen LogP contribution in [0.3, 0.4) is 0 Å².